The maximum Gasteiger partial charge on any atom is 0.270 e. The second-order valence-corrected chi connectivity index (χ2v) is 4.48. The Morgan fingerprint density at radius 3 is 2.76 bits per heavy atom. The highest BCUT2D eigenvalue weighted by Crippen LogP contribution is 2.19. The Balaban J connectivity index is 2.78. The first kappa shape index (κ1) is 13.8. The van der Waals surface area contributed by atoms with Crippen LogP contribution in [0.1, 0.15) is 16.8 Å². The highest BCUT2D eigenvalue weighted by atomic mass is 127. The van der Waals surface area contributed by atoms with Crippen molar-refractivity contribution in [1.82, 2.24) is 5.32 Å². The number of nitro benzene ring substituents is 1. The van der Waals surface area contributed by atoms with Crippen LogP contribution in [0.3, 0.4) is 0 Å². The minimum atomic E-state index is -0.488. The van der Waals surface area contributed by atoms with Gasteiger partial charge in [0.1, 0.15) is 0 Å². The van der Waals surface area contributed by atoms with Crippen molar-refractivity contribution in [2.45, 2.75) is 6.42 Å². The maximum absolute atomic E-state index is 11.7. The van der Waals surface area contributed by atoms with Crippen molar-refractivity contribution >= 4 is 34.2 Å². The molecule has 6 nitrogen and oxygen atoms in total. The molecular formula is C10H12IN3O3. The molecule has 0 unspecified atom stereocenters. The van der Waals surface area contributed by atoms with Crippen LogP contribution in [0.2, 0.25) is 0 Å². The van der Waals surface area contributed by atoms with Gasteiger partial charge in [-0.15, -0.1) is 0 Å². The standard InChI is InChI=1S/C10H12IN3O3/c11-9-6-7(14(16)17)2-3-8(9)10(15)13-5-1-4-12/h2-3,6H,1,4-5,12H2,(H,13,15). The second kappa shape index (κ2) is 6.50. The molecule has 1 rings (SSSR count). The van der Waals surface area contributed by atoms with Crippen molar-refractivity contribution < 1.29 is 9.72 Å². The fourth-order valence-electron chi connectivity index (χ4n) is 1.20. The zero-order valence-corrected chi connectivity index (χ0v) is 11.1. The lowest BCUT2D eigenvalue weighted by Gasteiger charge is -2.05. The number of hydrogen-bond acceptors (Lipinski definition) is 4. The Bertz CT molecular complexity index is 437. The van der Waals surface area contributed by atoms with Gasteiger partial charge in [0, 0.05) is 22.2 Å². The van der Waals surface area contributed by atoms with E-state index in [-0.39, 0.29) is 11.6 Å². The van der Waals surface area contributed by atoms with Gasteiger partial charge >= 0.3 is 0 Å². The third-order valence-corrected chi connectivity index (χ3v) is 2.97. The largest absolute Gasteiger partial charge is 0.352 e. The molecule has 1 aromatic rings. The van der Waals surface area contributed by atoms with Gasteiger partial charge in [-0.25, -0.2) is 0 Å². The number of carbonyl (C=O) groups excluding carboxylic acids is 1. The lowest BCUT2D eigenvalue weighted by Crippen LogP contribution is -2.26. The number of nitrogens with zero attached hydrogens (tertiary/aromatic N) is 1. The molecule has 1 amide bonds. The molecule has 1 aromatic carbocycles. The molecule has 0 aromatic heterocycles. The van der Waals surface area contributed by atoms with E-state index < -0.39 is 4.92 Å². The lowest BCUT2D eigenvalue weighted by atomic mass is 10.2. The van der Waals surface area contributed by atoms with Crippen molar-refractivity contribution in [2.75, 3.05) is 13.1 Å². The fourth-order valence-corrected chi connectivity index (χ4v) is 1.94. The molecule has 0 aliphatic carbocycles. The average molecular weight is 349 g/mol. The summed E-state index contributed by atoms with van der Waals surface area (Å²) < 4.78 is 0.557. The molecule has 0 fully saturated rings. The van der Waals surface area contributed by atoms with Crippen molar-refractivity contribution in [3.05, 3.63) is 37.4 Å². The first-order chi connectivity index (χ1) is 8.06. The van der Waals surface area contributed by atoms with Crippen LogP contribution in [0, 0.1) is 13.7 Å². The number of non-ortho nitro benzene ring substituents is 1. The molecule has 0 radical (unpaired) electrons. The number of rotatable bonds is 5. The van der Waals surface area contributed by atoms with Crippen LogP contribution in [-0.4, -0.2) is 23.9 Å². The third kappa shape index (κ3) is 3.93. The molecule has 0 spiro atoms. The van der Waals surface area contributed by atoms with Gasteiger partial charge in [0.25, 0.3) is 11.6 Å². The molecule has 0 aliphatic heterocycles. The SMILES string of the molecule is NCCCNC(=O)c1ccc([N+](=O)[O-])cc1I. The molecule has 0 aliphatic rings. The molecule has 0 saturated carbocycles. The summed E-state index contributed by atoms with van der Waals surface area (Å²) in [7, 11) is 0. The number of halogens is 1. The second-order valence-electron chi connectivity index (χ2n) is 3.32. The normalized spacial score (nSPS) is 10.0. The molecule has 0 bridgehead atoms. The van der Waals surface area contributed by atoms with Gasteiger partial charge in [-0.05, 0) is 41.6 Å². The fraction of sp³-hybridized carbons (Fsp3) is 0.300. The van der Waals surface area contributed by atoms with Gasteiger partial charge < -0.3 is 11.1 Å². The van der Waals surface area contributed by atoms with Crippen LogP contribution in [0.4, 0.5) is 5.69 Å². The van der Waals surface area contributed by atoms with Crippen molar-refractivity contribution in [2.24, 2.45) is 5.73 Å². The zero-order valence-electron chi connectivity index (χ0n) is 8.98. The molecule has 7 heteroatoms. The number of nitro groups is 1. The van der Waals surface area contributed by atoms with E-state index in [4.69, 9.17) is 5.73 Å². The van der Waals surface area contributed by atoms with Gasteiger partial charge in [0.15, 0.2) is 0 Å². The number of nitrogens with one attached hydrogen (secondary N) is 1. The first-order valence-electron chi connectivity index (χ1n) is 4.98. The van der Waals surface area contributed by atoms with Gasteiger partial charge in [0.05, 0.1) is 10.5 Å². The summed E-state index contributed by atoms with van der Waals surface area (Å²) >= 11 is 1.91. The van der Waals surface area contributed by atoms with Crippen molar-refractivity contribution in [3.63, 3.8) is 0 Å². The Morgan fingerprint density at radius 1 is 1.53 bits per heavy atom. The van der Waals surface area contributed by atoms with Crippen LogP contribution in [-0.2, 0) is 0 Å². The molecule has 3 N–H and O–H groups in total. The van der Waals surface area contributed by atoms with Crippen LogP contribution in [0.15, 0.2) is 18.2 Å². The highest BCUT2D eigenvalue weighted by molar-refractivity contribution is 14.1. The molecule has 0 heterocycles. The van der Waals surface area contributed by atoms with Crippen LogP contribution in [0.5, 0.6) is 0 Å². The quantitative estimate of drug-likeness (QED) is 0.362. The minimum Gasteiger partial charge on any atom is -0.352 e. The number of benzene rings is 1. The third-order valence-electron chi connectivity index (χ3n) is 2.07. The van der Waals surface area contributed by atoms with Gasteiger partial charge in [-0.1, -0.05) is 0 Å². The van der Waals surface area contributed by atoms with E-state index in [1.165, 1.54) is 18.2 Å². The number of nitrogens with two attached hydrogens (primary N) is 1. The van der Waals surface area contributed by atoms with Crippen molar-refractivity contribution in [1.29, 1.82) is 0 Å². The molecule has 0 atom stereocenters. The topological polar surface area (TPSA) is 98.3 Å². The van der Waals surface area contributed by atoms with E-state index in [0.717, 1.165) is 0 Å². The molecule has 92 valence electrons. The van der Waals surface area contributed by atoms with E-state index in [9.17, 15) is 14.9 Å². The van der Waals surface area contributed by atoms with E-state index >= 15 is 0 Å². The monoisotopic (exact) mass is 349 g/mol. The van der Waals surface area contributed by atoms with E-state index in [2.05, 4.69) is 5.32 Å². The summed E-state index contributed by atoms with van der Waals surface area (Å²) in [5.41, 5.74) is 5.73. The molecule has 0 saturated heterocycles. The van der Waals surface area contributed by atoms with Gasteiger partial charge in [0.2, 0.25) is 0 Å². The summed E-state index contributed by atoms with van der Waals surface area (Å²) in [6.45, 7) is 1.01. The maximum atomic E-state index is 11.7. The first-order valence-corrected chi connectivity index (χ1v) is 6.06. The smallest absolute Gasteiger partial charge is 0.270 e. The number of carbonyl (C=O) groups is 1. The summed E-state index contributed by atoms with van der Waals surface area (Å²) in [5, 5.41) is 13.2. The zero-order chi connectivity index (χ0) is 12.8. The van der Waals surface area contributed by atoms with Crippen LogP contribution < -0.4 is 11.1 Å². The lowest BCUT2D eigenvalue weighted by molar-refractivity contribution is -0.384. The summed E-state index contributed by atoms with van der Waals surface area (Å²) in [6.07, 6.45) is 0.704. The van der Waals surface area contributed by atoms with Crippen LogP contribution in [0.25, 0.3) is 0 Å². The Hall–Kier alpha value is -1.22. The molecule has 17 heavy (non-hydrogen) atoms. The number of amides is 1. The van der Waals surface area contributed by atoms with Crippen molar-refractivity contribution in [3.8, 4) is 0 Å². The van der Waals surface area contributed by atoms with E-state index in [1.807, 2.05) is 22.6 Å². The highest BCUT2D eigenvalue weighted by Gasteiger charge is 2.13. The Kier molecular flexibility index (Phi) is 5.29. The van der Waals surface area contributed by atoms with Gasteiger partial charge in [-0.2, -0.15) is 0 Å². The minimum absolute atomic E-state index is 0.0205. The Labute approximate surface area is 112 Å². The average Bonchev–Trinajstić information content (AvgIpc) is 2.28. The molecular weight excluding hydrogens is 337 g/mol. The Morgan fingerprint density at radius 2 is 2.24 bits per heavy atom. The predicted octanol–water partition coefficient (Wildman–Crippen LogP) is 1.28. The summed E-state index contributed by atoms with van der Waals surface area (Å²) in [4.78, 5) is 21.7. The number of hydrogen-bond donors (Lipinski definition) is 2. The van der Waals surface area contributed by atoms with Gasteiger partial charge in [-0.3, -0.25) is 14.9 Å². The van der Waals surface area contributed by atoms with E-state index in [0.29, 0.717) is 28.6 Å². The predicted molar refractivity (Wildman–Crippen MR) is 71.8 cm³/mol. The summed E-state index contributed by atoms with van der Waals surface area (Å²) in [6, 6.07) is 4.15. The van der Waals surface area contributed by atoms with Crippen LogP contribution >= 0.6 is 22.6 Å². The summed E-state index contributed by atoms with van der Waals surface area (Å²) in [5.74, 6) is -0.238. The van der Waals surface area contributed by atoms with E-state index in [1.54, 1.807) is 0 Å².